The molecule has 0 aromatic heterocycles. The van der Waals surface area contributed by atoms with E-state index in [9.17, 15) is 4.39 Å². The molecule has 0 aliphatic carbocycles. The number of alkyl halides is 1. The summed E-state index contributed by atoms with van der Waals surface area (Å²) in [5.74, 6) is 0. The van der Waals surface area contributed by atoms with Crippen LogP contribution < -0.4 is 10.6 Å². The summed E-state index contributed by atoms with van der Waals surface area (Å²) in [6, 6.07) is 7.46. The Kier molecular flexibility index (Phi) is 2.54. The fraction of sp³-hybridized carbons (Fsp3) is 0.400. The van der Waals surface area contributed by atoms with E-state index in [2.05, 4.69) is 0 Å². The van der Waals surface area contributed by atoms with Crippen LogP contribution >= 0.6 is 0 Å². The van der Waals surface area contributed by atoms with Crippen LogP contribution in [0.25, 0.3) is 0 Å². The van der Waals surface area contributed by atoms with Gasteiger partial charge < -0.3 is 15.4 Å². The number of benzene rings is 1. The van der Waals surface area contributed by atoms with Crippen molar-refractivity contribution >= 4 is 11.4 Å². The van der Waals surface area contributed by atoms with E-state index in [0.717, 1.165) is 5.69 Å². The number of nitrogens with two attached hydrogens (primary N) is 1. The third kappa shape index (κ3) is 1.96. The van der Waals surface area contributed by atoms with Crippen molar-refractivity contribution in [3.05, 3.63) is 24.3 Å². The molecule has 0 bridgehead atoms. The number of hydrogen-bond acceptors (Lipinski definition) is 3. The first kappa shape index (κ1) is 9.27. The van der Waals surface area contributed by atoms with E-state index in [-0.39, 0.29) is 6.54 Å². The summed E-state index contributed by atoms with van der Waals surface area (Å²) in [4.78, 5) is 1.94. The van der Waals surface area contributed by atoms with Crippen LogP contribution in [-0.4, -0.2) is 26.1 Å². The molecule has 76 valence electrons. The maximum Gasteiger partial charge on any atom is 0.216 e. The topological polar surface area (TPSA) is 38.5 Å². The Bertz CT molecular complexity index is 319. The van der Waals surface area contributed by atoms with Gasteiger partial charge in [-0.1, -0.05) is 6.07 Å². The van der Waals surface area contributed by atoms with E-state index in [4.69, 9.17) is 10.5 Å². The lowest BCUT2D eigenvalue weighted by molar-refractivity contribution is -0.0465. The van der Waals surface area contributed by atoms with Gasteiger partial charge in [0.2, 0.25) is 6.36 Å². The van der Waals surface area contributed by atoms with Crippen LogP contribution in [0.4, 0.5) is 15.8 Å². The number of rotatable bonds is 1. The monoisotopic (exact) mass is 196 g/mol. The lowest BCUT2D eigenvalue weighted by Gasteiger charge is -2.31. The van der Waals surface area contributed by atoms with Crippen molar-refractivity contribution in [2.45, 2.75) is 6.36 Å². The first-order valence-electron chi connectivity index (χ1n) is 4.62. The molecule has 2 rings (SSSR count). The first-order valence-corrected chi connectivity index (χ1v) is 4.62. The normalized spacial score (nSPS) is 22.4. The van der Waals surface area contributed by atoms with Gasteiger partial charge in [-0.3, -0.25) is 0 Å². The van der Waals surface area contributed by atoms with Crippen LogP contribution in [0.1, 0.15) is 0 Å². The quantitative estimate of drug-likeness (QED) is 0.690. The average Bonchev–Trinajstić information content (AvgIpc) is 2.18. The number of ether oxygens (including phenoxy) is 1. The molecule has 1 aliphatic heterocycles. The van der Waals surface area contributed by atoms with Crippen LogP contribution in [0.3, 0.4) is 0 Å². The Balaban J connectivity index is 2.14. The Hall–Kier alpha value is -1.29. The van der Waals surface area contributed by atoms with Gasteiger partial charge in [-0.15, -0.1) is 0 Å². The maximum absolute atomic E-state index is 12.9. The third-order valence-electron chi connectivity index (χ3n) is 2.26. The van der Waals surface area contributed by atoms with Crippen molar-refractivity contribution in [3.63, 3.8) is 0 Å². The van der Waals surface area contributed by atoms with Crippen molar-refractivity contribution in [1.29, 1.82) is 0 Å². The van der Waals surface area contributed by atoms with Gasteiger partial charge in [-0.2, -0.15) is 0 Å². The molecule has 14 heavy (non-hydrogen) atoms. The maximum atomic E-state index is 12.9. The number of morpholine rings is 1. The summed E-state index contributed by atoms with van der Waals surface area (Å²) in [5, 5.41) is 0. The SMILES string of the molecule is Nc1cccc(N2CCOC(F)C2)c1. The molecule has 1 fully saturated rings. The largest absolute Gasteiger partial charge is 0.399 e. The zero-order valence-corrected chi connectivity index (χ0v) is 7.82. The highest BCUT2D eigenvalue weighted by atomic mass is 19.1. The summed E-state index contributed by atoms with van der Waals surface area (Å²) < 4.78 is 17.7. The number of nitrogens with zero attached hydrogens (tertiary/aromatic N) is 1. The van der Waals surface area contributed by atoms with Gasteiger partial charge in [0.15, 0.2) is 0 Å². The van der Waals surface area contributed by atoms with Crippen LogP contribution in [0, 0.1) is 0 Å². The molecule has 3 nitrogen and oxygen atoms in total. The Labute approximate surface area is 82.3 Å². The molecule has 4 heteroatoms. The number of anilines is 2. The minimum atomic E-state index is -1.19. The molecule has 2 N–H and O–H groups in total. The molecule has 1 atom stereocenters. The number of hydrogen-bond donors (Lipinski definition) is 1. The Morgan fingerprint density at radius 3 is 3.07 bits per heavy atom. The Morgan fingerprint density at radius 1 is 1.50 bits per heavy atom. The first-order chi connectivity index (χ1) is 6.75. The van der Waals surface area contributed by atoms with E-state index in [0.29, 0.717) is 18.8 Å². The predicted molar refractivity (Wildman–Crippen MR) is 53.9 cm³/mol. The lowest BCUT2D eigenvalue weighted by atomic mass is 10.2. The molecule has 0 saturated carbocycles. The fourth-order valence-corrected chi connectivity index (χ4v) is 1.56. The van der Waals surface area contributed by atoms with Gasteiger partial charge in [0, 0.05) is 17.9 Å². The zero-order chi connectivity index (χ0) is 9.97. The van der Waals surface area contributed by atoms with Crippen molar-refractivity contribution in [2.24, 2.45) is 0 Å². The van der Waals surface area contributed by atoms with Crippen molar-refractivity contribution in [3.8, 4) is 0 Å². The summed E-state index contributed by atoms with van der Waals surface area (Å²) in [6.07, 6.45) is -1.19. The van der Waals surface area contributed by atoms with Gasteiger partial charge in [0.25, 0.3) is 0 Å². The molecule has 1 aliphatic rings. The summed E-state index contributed by atoms with van der Waals surface area (Å²) in [7, 11) is 0. The predicted octanol–water partition coefficient (Wildman–Crippen LogP) is 1.40. The van der Waals surface area contributed by atoms with Crippen molar-refractivity contribution < 1.29 is 9.13 Å². The molecule has 1 saturated heterocycles. The van der Waals surface area contributed by atoms with E-state index in [1.807, 2.05) is 29.2 Å². The minimum Gasteiger partial charge on any atom is -0.399 e. The highest BCUT2D eigenvalue weighted by molar-refractivity contribution is 5.56. The second-order valence-corrected chi connectivity index (χ2v) is 3.32. The van der Waals surface area contributed by atoms with Crippen molar-refractivity contribution in [2.75, 3.05) is 30.3 Å². The third-order valence-corrected chi connectivity index (χ3v) is 2.26. The molecular formula is C10H13FN2O. The highest BCUT2D eigenvalue weighted by Gasteiger charge is 2.19. The molecule has 0 radical (unpaired) electrons. The van der Waals surface area contributed by atoms with Gasteiger partial charge >= 0.3 is 0 Å². The standard InChI is InChI=1S/C10H13FN2O/c11-10-7-13(4-5-14-10)9-3-1-2-8(12)6-9/h1-3,6,10H,4-5,7,12H2. The van der Waals surface area contributed by atoms with Gasteiger partial charge in [-0.25, -0.2) is 4.39 Å². The average molecular weight is 196 g/mol. The van der Waals surface area contributed by atoms with E-state index < -0.39 is 6.36 Å². The smallest absolute Gasteiger partial charge is 0.216 e. The fourth-order valence-electron chi connectivity index (χ4n) is 1.56. The lowest BCUT2D eigenvalue weighted by Crippen LogP contribution is -2.40. The number of halogens is 1. The second-order valence-electron chi connectivity index (χ2n) is 3.32. The van der Waals surface area contributed by atoms with E-state index in [1.165, 1.54) is 0 Å². The molecule has 0 spiro atoms. The molecule has 1 aromatic carbocycles. The van der Waals surface area contributed by atoms with Crippen LogP contribution in [0.5, 0.6) is 0 Å². The zero-order valence-electron chi connectivity index (χ0n) is 7.82. The molecule has 1 heterocycles. The molecule has 1 unspecified atom stereocenters. The minimum absolute atomic E-state index is 0.281. The summed E-state index contributed by atoms with van der Waals surface area (Å²) >= 11 is 0. The van der Waals surface area contributed by atoms with E-state index >= 15 is 0 Å². The van der Waals surface area contributed by atoms with Crippen LogP contribution in [0.2, 0.25) is 0 Å². The van der Waals surface area contributed by atoms with Gasteiger partial charge in [0.1, 0.15) is 0 Å². The van der Waals surface area contributed by atoms with Gasteiger partial charge in [0.05, 0.1) is 13.2 Å². The van der Waals surface area contributed by atoms with Gasteiger partial charge in [-0.05, 0) is 18.2 Å². The molecule has 0 amide bonds. The highest BCUT2D eigenvalue weighted by Crippen LogP contribution is 2.20. The van der Waals surface area contributed by atoms with Crippen LogP contribution in [0.15, 0.2) is 24.3 Å². The van der Waals surface area contributed by atoms with Crippen LogP contribution in [-0.2, 0) is 4.74 Å². The second kappa shape index (κ2) is 3.84. The van der Waals surface area contributed by atoms with Crippen molar-refractivity contribution in [1.82, 2.24) is 0 Å². The number of nitrogen functional groups attached to an aromatic ring is 1. The summed E-state index contributed by atoms with van der Waals surface area (Å²) in [5.41, 5.74) is 7.30. The summed E-state index contributed by atoms with van der Waals surface area (Å²) in [6.45, 7) is 1.42. The molecule has 1 aromatic rings. The molecular weight excluding hydrogens is 183 g/mol. The van der Waals surface area contributed by atoms with E-state index in [1.54, 1.807) is 0 Å². The Morgan fingerprint density at radius 2 is 2.36 bits per heavy atom.